The maximum atomic E-state index is 11.4. The Hall–Kier alpha value is -0.570. The standard InChI is InChI=1S/C9H17NO2/c1-3-7-5-10-6-8(7)9(11)12-4-2/h7-8,10H,3-6H2,1-2H3/t7-,8-/m1/s1. The molecular weight excluding hydrogens is 154 g/mol. The van der Waals surface area contributed by atoms with E-state index in [2.05, 4.69) is 12.2 Å². The normalized spacial score (nSPS) is 28.8. The van der Waals surface area contributed by atoms with Crippen LogP contribution in [0.4, 0.5) is 0 Å². The van der Waals surface area contributed by atoms with Gasteiger partial charge in [0.05, 0.1) is 12.5 Å². The maximum absolute atomic E-state index is 11.4. The van der Waals surface area contributed by atoms with E-state index < -0.39 is 0 Å². The smallest absolute Gasteiger partial charge is 0.310 e. The van der Waals surface area contributed by atoms with Crippen LogP contribution < -0.4 is 5.32 Å². The van der Waals surface area contributed by atoms with Gasteiger partial charge in [0.15, 0.2) is 0 Å². The average Bonchev–Trinajstić information content (AvgIpc) is 2.51. The van der Waals surface area contributed by atoms with Crippen molar-refractivity contribution in [2.45, 2.75) is 20.3 Å². The average molecular weight is 171 g/mol. The van der Waals surface area contributed by atoms with Crippen molar-refractivity contribution in [1.82, 2.24) is 5.32 Å². The molecule has 0 bridgehead atoms. The molecule has 3 heteroatoms. The molecule has 1 aliphatic heterocycles. The van der Waals surface area contributed by atoms with Crippen LogP contribution in [0.5, 0.6) is 0 Å². The van der Waals surface area contributed by atoms with Crippen LogP contribution in [-0.4, -0.2) is 25.7 Å². The van der Waals surface area contributed by atoms with Gasteiger partial charge in [-0.3, -0.25) is 4.79 Å². The summed E-state index contributed by atoms with van der Waals surface area (Å²) in [5, 5.41) is 3.21. The second-order valence-corrected chi connectivity index (χ2v) is 3.19. The minimum atomic E-state index is -0.0330. The third-order valence-corrected chi connectivity index (χ3v) is 2.45. The molecule has 0 unspecified atom stereocenters. The lowest BCUT2D eigenvalue weighted by molar-refractivity contribution is -0.148. The molecule has 0 spiro atoms. The van der Waals surface area contributed by atoms with Gasteiger partial charge in [0.25, 0.3) is 0 Å². The summed E-state index contributed by atoms with van der Waals surface area (Å²) < 4.78 is 4.98. The number of ether oxygens (including phenoxy) is 1. The molecule has 0 radical (unpaired) electrons. The van der Waals surface area contributed by atoms with E-state index in [9.17, 15) is 4.79 Å². The Morgan fingerprint density at radius 3 is 2.83 bits per heavy atom. The van der Waals surface area contributed by atoms with Crippen LogP contribution in [0.15, 0.2) is 0 Å². The molecule has 2 atom stereocenters. The molecule has 12 heavy (non-hydrogen) atoms. The van der Waals surface area contributed by atoms with Gasteiger partial charge in [-0.2, -0.15) is 0 Å². The number of esters is 1. The van der Waals surface area contributed by atoms with Gasteiger partial charge in [0, 0.05) is 6.54 Å². The summed E-state index contributed by atoms with van der Waals surface area (Å²) in [7, 11) is 0. The fourth-order valence-electron chi connectivity index (χ4n) is 1.69. The van der Waals surface area contributed by atoms with Crippen LogP contribution in [0.3, 0.4) is 0 Å². The monoisotopic (exact) mass is 171 g/mol. The minimum absolute atomic E-state index is 0.0330. The van der Waals surface area contributed by atoms with E-state index in [1.165, 1.54) is 0 Å². The van der Waals surface area contributed by atoms with Crippen molar-refractivity contribution in [3.05, 3.63) is 0 Å². The molecule has 70 valence electrons. The molecule has 3 nitrogen and oxygen atoms in total. The molecule has 1 aliphatic rings. The molecule has 1 rings (SSSR count). The number of hydrogen-bond acceptors (Lipinski definition) is 3. The number of carbonyl (C=O) groups excluding carboxylic acids is 1. The molecule has 1 fully saturated rings. The van der Waals surface area contributed by atoms with Crippen LogP contribution in [-0.2, 0) is 9.53 Å². The molecule has 1 heterocycles. The van der Waals surface area contributed by atoms with Crippen LogP contribution in [0.25, 0.3) is 0 Å². The predicted octanol–water partition coefficient (Wildman–Crippen LogP) is 0.795. The van der Waals surface area contributed by atoms with Crippen LogP contribution in [0, 0.1) is 11.8 Å². The van der Waals surface area contributed by atoms with Gasteiger partial charge in [-0.1, -0.05) is 13.3 Å². The van der Waals surface area contributed by atoms with Crippen molar-refractivity contribution in [3.8, 4) is 0 Å². The third-order valence-electron chi connectivity index (χ3n) is 2.45. The maximum Gasteiger partial charge on any atom is 0.310 e. The predicted molar refractivity (Wildman–Crippen MR) is 46.8 cm³/mol. The van der Waals surface area contributed by atoms with Gasteiger partial charge in [-0.15, -0.1) is 0 Å². The minimum Gasteiger partial charge on any atom is -0.466 e. The van der Waals surface area contributed by atoms with E-state index in [4.69, 9.17) is 4.74 Å². The number of hydrogen-bond donors (Lipinski definition) is 1. The quantitative estimate of drug-likeness (QED) is 0.638. The zero-order valence-electron chi connectivity index (χ0n) is 7.80. The second kappa shape index (κ2) is 4.45. The number of rotatable bonds is 3. The largest absolute Gasteiger partial charge is 0.466 e. The van der Waals surface area contributed by atoms with Gasteiger partial charge >= 0.3 is 5.97 Å². The van der Waals surface area contributed by atoms with Crippen molar-refractivity contribution >= 4 is 5.97 Å². The lowest BCUT2D eigenvalue weighted by Crippen LogP contribution is -2.24. The fourth-order valence-corrected chi connectivity index (χ4v) is 1.69. The summed E-state index contributed by atoms with van der Waals surface area (Å²) in [6.07, 6.45) is 1.05. The Kier molecular flexibility index (Phi) is 3.53. The Bertz CT molecular complexity index is 159. The van der Waals surface area contributed by atoms with Crippen LogP contribution in [0.2, 0.25) is 0 Å². The van der Waals surface area contributed by atoms with E-state index in [0.29, 0.717) is 12.5 Å². The van der Waals surface area contributed by atoms with Gasteiger partial charge in [0.1, 0.15) is 0 Å². The highest BCUT2D eigenvalue weighted by molar-refractivity contribution is 5.73. The molecule has 0 saturated carbocycles. The highest BCUT2D eigenvalue weighted by Crippen LogP contribution is 2.20. The Morgan fingerprint density at radius 2 is 2.25 bits per heavy atom. The molecule has 0 amide bonds. The van der Waals surface area contributed by atoms with E-state index in [0.717, 1.165) is 19.5 Å². The Morgan fingerprint density at radius 1 is 1.50 bits per heavy atom. The highest BCUT2D eigenvalue weighted by atomic mass is 16.5. The summed E-state index contributed by atoms with van der Waals surface area (Å²) >= 11 is 0. The van der Waals surface area contributed by atoms with Gasteiger partial charge in [0.2, 0.25) is 0 Å². The first-order valence-electron chi connectivity index (χ1n) is 4.66. The van der Waals surface area contributed by atoms with Gasteiger partial charge in [-0.25, -0.2) is 0 Å². The van der Waals surface area contributed by atoms with E-state index in [1.807, 2.05) is 6.92 Å². The lowest BCUT2D eigenvalue weighted by atomic mass is 9.94. The summed E-state index contributed by atoms with van der Waals surface area (Å²) in [5.74, 6) is 0.536. The van der Waals surface area contributed by atoms with Crippen LogP contribution in [0.1, 0.15) is 20.3 Å². The third kappa shape index (κ3) is 1.97. The van der Waals surface area contributed by atoms with Crippen LogP contribution >= 0.6 is 0 Å². The summed E-state index contributed by atoms with van der Waals surface area (Å²) in [4.78, 5) is 11.4. The fraction of sp³-hybridized carbons (Fsp3) is 0.889. The first kappa shape index (κ1) is 9.52. The van der Waals surface area contributed by atoms with E-state index in [1.54, 1.807) is 0 Å². The van der Waals surface area contributed by atoms with Crippen molar-refractivity contribution in [1.29, 1.82) is 0 Å². The molecule has 0 aromatic carbocycles. The van der Waals surface area contributed by atoms with E-state index in [-0.39, 0.29) is 11.9 Å². The molecule has 0 aromatic rings. The van der Waals surface area contributed by atoms with Crippen molar-refractivity contribution < 1.29 is 9.53 Å². The number of carbonyl (C=O) groups is 1. The zero-order valence-corrected chi connectivity index (χ0v) is 7.80. The second-order valence-electron chi connectivity index (χ2n) is 3.19. The van der Waals surface area contributed by atoms with Crippen molar-refractivity contribution in [2.75, 3.05) is 19.7 Å². The summed E-state index contributed by atoms with van der Waals surface area (Å²) in [6.45, 7) is 6.20. The van der Waals surface area contributed by atoms with E-state index >= 15 is 0 Å². The molecule has 1 N–H and O–H groups in total. The zero-order chi connectivity index (χ0) is 8.97. The molecular formula is C9H17NO2. The number of nitrogens with one attached hydrogen (secondary N) is 1. The molecule has 0 aliphatic carbocycles. The Balaban J connectivity index is 2.43. The van der Waals surface area contributed by atoms with Gasteiger partial charge in [-0.05, 0) is 19.4 Å². The van der Waals surface area contributed by atoms with Gasteiger partial charge < -0.3 is 10.1 Å². The summed E-state index contributed by atoms with van der Waals surface area (Å²) in [5.41, 5.74) is 0. The molecule has 0 aromatic heterocycles. The first-order valence-corrected chi connectivity index (χ1v) is 4.66. The Labute approximate surface area is 73.5 Å². The SMILES string of the molecule is CCOC(=O)[C@@H]1CNC[C@H]1CC. The first-order chi connectivity index (χ1) is 5.79. The molecule has 1 saturated heterocycles. The highest BCUT2D eigenvalue weighted by Gasteiger charge is 2.32. The van der Waals surface area contributed by atoms with Crippen molar-refractivity contribution in [3.63, 3.8) is 0 Å². The van der Waals surface area contributed by atoms with Crippen molar-refractivity contribution in [2.24, 2.45) is 11.8 Å². The summed E-state index contributed by atoms with van der Waals surface area (Å²) in [6, 6.07) is 0. The lowest BCUT2D eigenvalue weighted by Gasteiger charge is -2.14. The topological polar surface area (TPSA) is 38.3 Å².